The minimum absolute atomic E-state index is 0.0397. The van der Waals surface area contributed by atoms with E-state index in [4.69, 9.17) is 0 Å². The van der Waals surface area contributed by atoms with E-state index in [0.29, 0.717) is 6.42 Å². The summed E-state index contributed by atoms with van der Waals surface area (Å²) in [6, 6.07) is 5.71. The maximum Gasteiger partial charge on any atom is 0.228 e. The number of anilines is 1. The standard InChI is InChI=1S/C12H8BrN3O/c13-8-1-2-10-9(4-8)12-7(3-11(17)16-10)5-14-6-15-12/h1-2,4-6H,3H2,(H,16,17). The Morgan fingerprint density at radius 3 is 3.12 bits per heavy atom. The summed E-state index contributed by atoms with van der Waals surface area (Å²) in [6.45, 7) is 0. The lowest BCUT2D eigenvalue weighted by atomic mass is 10.1. The van der Waals surface area contributed by atoms with Gasteiger partial charge in [0.1, 0.15) is 6.33 Å². The molecule has 1 aliphatic rings. The van der Waals surface area contributed by atoms with Gasteiger partial charge in [-0.1, -0.05) is 15.9 Å². The van der Waals surface area contributed by atoms with Crippen LogP contribution in [-0.4, -0.2) is 15.9 Å². The Kier molecular flexibility index (Phi) is 2.40. The van der Waals surface area contributed by atoms with Gasteiger partial charge in [0.25, 0.3) is 0 Å². The fraction of sp³-hybridized carbons (Fsp3) is 0.0833. The van der Waals surface area contributed by atoms with Crippen molar-refractivity contribution >= 4 is 27.5 Å². The van der Waals surface area contributed by atoms with E-state index in [1.807, 2.05) is 18.2 Å². The van der Waals surface area contributed by atoms with Crippen LogP contribution >= 0.6 is 15.9 Å². The predicted octanol–water partition coefficient (Wildman–Crippen LogP) is 2.40. The van der Waals surface area contributed by atoms with Gasteiger partial charge in [-0.3, -0.25) is 4.79 Å². The zero-order chi connectivity index (χ0) is 11.8. The number of amides is 1. The molecule has 0 saturated heterocycles. The third-order valence-corrected chi connectivity index (χ3v) is 3.14. The summed E-state index contributed by atoms with van der Waals surface area (Å²) in [5, 5.41) is 2.87. The Labute approximate surface area is 106 Å². The molecule has 4 nitrogen and oxygen atoms in total. The molecular formula is C12H8BrN3O. The van der Waals surface area contributed by atoms with Crippen molar-refractivity contribution in [3.05, 3.63) is 40.8 Å². The quantitative estimate of drug-likeness (QED) is 0.810. The second-order valence-electron chi connectivity index (χ2n) is 3.81. The first-order chi connectivity index (χ1) is 8.24. The number of carbonyl (C=O) groups is 1. The molecule has 5 heteroatoms. The molecule has 1 aromatic heterocycles. The summed E-state index contributed by atoms with van der Waals surface area (Å²) in [6.07, 6.45) is 3.50. The van der Waals surface area contributed by atoms with Crippen molar-refractivity contribution in [3.63, 3.8) is 0 Å². The second kappa shape index (κ2) is 3.92. The van der Waals surface area contributed by atoms with Crippen molar-refractivity contribution in [3.8, 4) is 11.3 Å². The van der Waals surface area contributed by atoms with E-state index in [9.17, 15) is 4.79 Å². The molecule has 0 bridgehead atoms. The van der Waals surface area contributed by atoms with E-state index >= 15 is 0 Å². The highest BCUT2D eigenvalue weighted by molar-refractivity contribution is 9.10. The molecule has 0 saturated carbocycles. The highest BCUT2D eigenvalue weighted by atomic mass is 79.9. The summed E-state index contributed by atoms with van der Waals surface area (Å²) in [7, 11) is 0. The average molecular weight is 290 g/mol. The number of rotatable bonds is 0. The van der Waals surface area contributed by atoms with E-state index in [1.165, 1.54) is 6.33 Å². The van der Waals surface area contributed by atoms with Crippen LogP contribution in [0.3, 0.4) is 0 Å². The molecule has 0 aliphatic carbocycles. The number of nitrogens with zero attached hydrogens (tertiary/aromatic N) is 2. The van der Waals surface area contributed by atoms with Gasteiger partial charge in [-0.15, -0.1) is 0 Å². The number of halogens is 1. The number of benzene rings is 1. The Morgan fingerprint density at radius 1 is 1.35 bits per heavy atom. The zero-order valence-corrected chi connectivity index (χ0v) is 10.4. The lowest BCUT2D eigenvalue weighted by Crippen LogP contribution is -2.12. The van der Waals surface area contributed by atoms with Crippen LogP contribution in [0.1, 0.15) is 5.56 Å². The molecule has 2 aromatic rings. The number of hydrogen-bond donors (Lipinski definition) is 1. The van der Waals surface area contributed by atoms with Gasteiger partial charge in [-0.05, 0) is 18.2 Å². The lowest BCUT2D eigenvalue weighted by molar-refractivity contribution is -0.115. The van der Waals surface area contributed by atoms with Crippen molar-refractivity contribution in [2.24, 2.45) is 0 Å². The van der Waals surface area contributed by atoms with E-state index in [1.54, 1.807) is 6.20 Å². The van der Waals surface area contributed by atoms with E-state index in [0.717, 1.165) is 27.0 Å². The molecular weight excluding hydrogens is 282 g/mol. The molecule has 1 amide bonds. The van der Waals surface area contributed by atoms with Crippen molar-refractivity contribution in [2.75, 3.05) is 5.32 Å². The fourth-order valence-electron chi connectivity index (χ4n) is 1.92. The third kappa shape index (κ3) is 1.82. The van der Waals surface area contributed by atoms with Gasteiger partial charge in [0.2, 0.25) is 5.91 Å². The average Bonchev–Trinajstić information content (AvgIpc) is 2.45. The van der Waals surface area contributed by atoms with Crippen molar-refractivity contribution in [2.45, 2.75) is 6.42 Å². The maximum atomic E-state index is 11.7. The first-order valence-electron chi connectivity index (χ1n) is 5.13. The predicted molar refractivity (Wildman–Crippen MR) is 67.5 cm³/mol. The number of fused-ring (bicyclic) bond motifs is 3. The van der Waals surface area contributed by atoms with Crippen molar-refractivity contribution in [1.82, 2.24) is 9.97 Å². The molecule has 84 valence electrons. The topological polar surface area (TPSA) is 54.9 Å². The van der Waals surface area contributed by atoms with Gasteiger partial charge in [-0.25, -0.2) is 9.97 Å². The molecule has 2 heterocycles. The Balaban J connectivity index is 2.31. The summed E-state index contributed by atoms with van der Waals surface area (Å²) in [5.41, 5.74) is 3.37. The smallest absolute Gasteiger partial charge is 0.228 e. The first-order valence-corrected chi connectivity index (χ1v) is 5.92. The monoisotopic (exact) mass is 289 g/mol. The summed E-state index contributed by atoms with van der Waals surface area (Å²) in [5.74, 6) is -0.0397. The SMILES string of the molecule is O=C1Cc2cncnc2-c2cc(Br)ccc2N1. The molecule has 3 rings (SSSR count). The minimum atomic E-state index is -0.0397. The highest BCUT2D eigenvalue weighted by Crippen LogP contribution is 2.33. The molecule has 0 fully saturated rings. The fourth-order valence-corrected chi connectivity index (χ4v) is 2.28. The number of nitrogens with one attached hydrogen (secondary N) is 1. The van der Waals surface area contributed by atoms with Crippen LogP contribution in [0.4, 0.5) is 5.69 Å². The van der Waals surface area contributed by atoms with E-state index in [2.05, 4.69) is 31.2 Å². The normalized spacial score (nSPS) is 13.4. The van der Waals surface area contributed by atoms with Crippen LogP contribution in [0, 0.1) is 0 Å². The molecule has 1 N–H and O–H groups in total. The molecule has 0 radical (unpaired) electrons. The Bertz CT molecular complexity index is 612. The molecule has 17 heavy (non-hydrogen) atoms. The van der Waals surface area contributed by atoms with Gasteiger partial charge in [0.15, 0.2) is 0 Å². The molecule has 0 spiro atoms. The molecule has 0 atom stereocenters. The number of carbonyl (C=O) groups excluding carboxylic acids is 1. The van der Waals surface area contributed by atoms with Gasteiger partial charge in [-0.2, -0.15) is 0 Å². The summed E-state index contributed by atoms with van der Waals surface area (Å²) in [4.78, 5) is 20.0. The van der Waals surface area contributed by atoms with Crippen LogP contribution in [0.25, 0.3) is 11.3 Å². The van der Waals surface area contributed by atoms with Crippen LogP contribution < -0.4 is 5.32 Å². The number of hydrogen-bond acceptors (Lipinski definition) is 3. The third-order valence-electron chi connectivity index (χ3n) is 2.65. The first kappa shape index (κ1) is 10.4. The van der Waals surface area contributed by atoms with Crippen LogP contribution in [0.5, 0.6) is 0 Å². The Morgan fingerprint density at radius 2 is 2.24 bits per heavy atom. The largest absolute Gasteiger partial charge is 0.325 e. The van der Waals surface area contributed by atoms with Crippen LogP contribution in [-0.2, 0) is 11.2 Å². The zero-order valence-electron chi connectivity index (χ0n) is 8.77. The van der Waals surface area contributed by atoms with Gasteiger partial charge in [0.05, 0.1) is 17.8 Å². The van der Waals surface area contributed by atoms with Gasteiger partial charge >= 0.3 is 0 Å². The molecule has 1 aliphatic heterocycles. The van der Waals surface area contributed by atoms with Crippen molar-refractivity contribution < 1.29 is 4.79 Å². The number of aromatic nitrogens is 2. The Hall–Kier alpha value is -1.75. The van der Waals surface area contributed by atoms with E-state index in [-0.39, 0.29) is 5.91 Å². The van der Waals surface area contributed by atoms with Crippen LogP contribution in [0.15, 0.2) is 35.2 Å². The summed E-state index contributed by atoms with van der Waals surface area (Å²) < 4.78 is 0.956. The van der Waals surface area contributed by atoms with Crippen molar-refractivity contribution in [1.29, 1.82) is 0 Å². The highest BCUT2D eigenvalue weighted by Gasteiger charge is 2.19. The minimum Gasteiger partial charge on any atom is -0.325 e. The maximum absolute atomic E-state index is 11.7. The van der Waals surface area contributed by atoms with Crippen LogP contribution in [0.2, 0.25) is 0 Å². The van der Waals surface area contributed by atoms with Gasteiger partial charge < -0.3 is 5.32 Å². The molecule has 0 unspecified atom stereocenters. The lowest BCUT2D eigenvalue weighted by Gasteiger charge is -2.07. The molecule has 1 aromatic carbocycles. The van der Waals surface area contributed by atoms with Gasteiger partial charge in [0, 0.05) is 21.8 Å². The summed E-state index contributed by atoms with van der Waals surface area (Å²) >= 11 is 3.43. The second-order valence-corrected chi connectivity index (χ2v) is 4.73. The van der Waals surface area contributed by atoms with E-state index < -0.39 is 0 Å².